The molecule has 3 aliphatic heterocycles. The number of piperidine rings is 1. The Hall–Kier alpha value is -0.770. The van der Waals surface area contributed by atoms with Crippen molar-refractivity contribution in [3.05, 3.63) is 0 Å². The summed E-state index contributed by atoms with van der Waals surface area (Å²) in [5.74, 6) is 0. The van der Waals surface area contributed by atoms with Crippen molar-refractivity contribution in [2.24, 2.45) is 5.41 Å². The highest BCUT2D eigenvalue weighted by molar-refractivity contribution is 5.66. The zero-order valence-electron chi connectivity index (χ0n) is 8.20. The first kappa shape index (κ1) is 8.53. The Morgan fingerprint density at radius 3 is 2.21 bits per heavy atom. The van der Waals surface area contributed by atoms with Gasteiger partial charge in [0.05, 0.1) is 0 Å². The second kappa shape index (κ2) is 2.63. The average Bonchev–Trinajstić information content (AvgIpc) is 2.35. The van der Waals surface area contributed by atoms with E-state index in [0.717, 1.165) is 38.8 Å². The second-order valence-electron chi connectivity index (χ2n) is 5.09. The average molecular weight is 196 g/mol. The summed E-state index contributed by atoms with van der Waals surface area (Å²) in [6.45, 7) is 2.21. The number of nitrogens with zero attached hydrogens (tertiary/aromatic N) is 1. The number of nitrogens with one attached hydrogen (secondary N) is 1. The third kappa shape index (κ3) is 1.00. The molecule has 1 spiro atoms. The molecule has 3 aliphatic rings. The standard InChI is InChI=1S/C10H16N2O2/c13-9(14)12-7-1-2-8(12)4-10(3-7)5-11-6-10/h7-8,11H,1-6H2,(H,13,14)/t7-,8+. The van der Waals surface area contributed by atoms with Gasteiger partial charge in [0.2, 0.25) is 0 Å². The highest BCUT2D eigenvalue weighted by Gasteiger charge is 2.52. The lowest BCUT2D eigenvalue weighted by Gasteiger charge is -2.51. The summed E-state index contributed by atoms with van der Waals surface area (Å²) in [6, 6.07) is 0.627. The van der Waals surface area contributed by atoms with E-state index >= 15 is 0 Å². The SMILES string of the molecule is O=C(O)N1[C@@H]2CC[C@H]1CC1(CNC1)C2. The summed E-state index contributed by atoms with van der Waals surface area (Å²) in [5.41, 5.74) is 0.456. The van der Waals surface area contributed by atoms with E-state index in [1.807, 2.05) is 0 Å². The van der Waals surface area contributed by atoms with Gasteiger partial charge in [-0.2, -0.15) is 0 Å². The number of hydrogen-bond donors (Lipinski definition) is 2. The molecule has 1 amide bonds. The van der Waals surface area contributed by atoms with Gasteiger partial charge in [0, 0.05) is 25.2 Å². The highest BCUT2D eigenvalue weighted by Crippen LogP contribution is 2.47. The van der Waals surface area contributed by atoms with Crippen molar-refractivity contribution in [3.63, 3.8) is 0 Å². The molecule has 2 N–H and O–H groups in total. The lowest BCUT2D eigenvalue weighted by molar-refractivity contribution is 0.0130. The van der Waals surface area contributed by atoms with Crippen LogP contribution in [0.5, 0.6) is 0 Å². The van der Waals surface area contributed by atoms with E-state index in [9.17, 15) is 4.79 Å². The van der Waals surface area contributed by atoms with Crippen LogP contribution in [0.2, 0.25) is 0 Å². The molecule has 0 aromatic heterocycles. The Bertz CT molecular complexity index is 259. The van der Waals surface area contributed by atoms with Crippen LogP contribution in [0.25, 0.3) is 0 Å². The first-order valence-electron chi connectivity index (χ1n) is 5.42. The molecule has 4 heteroatoms. The molecular weight excluding hydrogens is 180 g/mol. The molecule has 0 unspecified atom stereocenters. The van der Waals surface area contributed by atoms with E-state index < -0.39 is 6.09 Å². The van der Waals surface area contributed by atoms with Gasteiger partial charge in [-0.15, -0.1) is 0 Å². The smallest absolute Gasteiger partial charge is 0.407 e. The number of carboxylic acid groups (broad SMARTS) is 1. The normalized spacial score (nSPS) is 38.4. The molecule has 2 bridgehead atoms. The third-order valence-electron chi connectivity index (χ3n) is 4.18. The summed E-state index contributed by atoms with van der Waals surface area (Å²) < 4.78 is 0. The largest absolute Gasteiger partial charge is 0.465 e. The van der Waals surface area contributed by atoms with Crippen LogP contribution in [0.15, 0.2) is 0 Å². The molecule has 78 valence electrons. The van der Waals surface area contributed by atoms with Crippen LogP contribution in [-0.4, -0.2) is 41.3 Å². The second-order valence-corrected chi connectivity index (χ2v) is 5.09. The zero-order chi connectivity index (χ0) is 9.76. The van der Waals surface area contributed by atoms with Gasteiger partial charge in [0.15, 0.2) is 0 Å². The van der Waals surface area contributed by atoms with Crippen LogP contribution in [0.4, 0.5) is 4.79 Å². The molecule has 14 heavy (non-hydrogen) atoms. The van der Waals surface area contributed by atoms with Gasteiger partial charge >= 0.3 is 6.09 Å². The first-order chi connectivity index (χ1) is 6.70. The van der Waals surface area contributed by atoms with E-state index in [4.69, 9.17) is 5.11 Å². The van der Waals surface area contributed by atoms with Gasteiger partial charge in [-0.1, -0.05) is 0 Å². The summed E-state index contributed by atoms with van der Waals surface area (Å²) in [5, 5.41) is 12.4. The Labute approximate surface area is 83.3 Å². The molecular formula is C10H16N2O2. The monoisotopic (exact) mass is 196 g/mol. The van der Waals surface area contributed by atoms with Crippen LogP contribution in [-0.2, 0) is 0 Å². The Morgan fingerprint density at radius 2 is 1.86 bits per heavy atom. The molecule has 3 saturated heterocycles. The van der Waals surface area contributed by atoms with Gasteiger partial charge < -0.3 is 15.3 Å². The van der Waals surface area contributed by atoms with E-state index in [-0.39, 0.29) is 0 Å². The molecule has 3 fully saturated rings. The molecule has 0 aromatic rings. The molecule has 0 aromatic carbocycles. The minimum Gasteiger partial charge on any atom is -0.465 e. The fraction of sp³-hybridized carbons (Fsp3) is 0.900. The number of amides is 1. The molecule has 0 saturated carbocycles. The third-order valence-corrected chi connectivity index (χ3v) is 4.18. The number of fused-ring (bicyclic) bond motifs is 2. The van der Waals surface area contributed by atoms with Gasteiger partial charge in [-0.05, 0) is 31.1 Å². The molecule has 0 aliphatic carbocycles. The van der Waals surface area contributed by atoms with Crippen molar-refractivity contribution in [1.29, 1.82) is 0 Å². The van der Waals surface area contributed by atoms with Crippen LogP contribution in [0, 0.1) is 5.41 Å². The van der Waals surface area contributed by atoms with Crippen molar-refractivity contribution in [2.45, 2.75) is 37.8 Å². The fourth-order valence-corrected chi connectivity index (χ4v) is 3.52. The Kier molecular flexibility index (Phi) is 1.60. The quantitative estimate of drug-likeness (QED) is 0.604. The lowest BCUT2D eigenvalue weighted by atomic mass is 9.70. The molecule has 0 radical (unpaired) electrons. The summed E-state index contributed by atoms with van der Waals surface area (Å²) in [6.07, 6.45) is 3.63. The minimum atomic E-state index is -0.709. The zero-order valence-corrected chi connectivity index (χ0v) is 8.20. The molecule has 3 heterocycles. The van der Waals surface area contributed by atoms with Crippen molar-refractivity contribution >= 4 is 6.09 Å². The number of carbonyl (C=O) groups is 1. The minimum absolute atomic E-state index is 0.313. The predicted molar refractivity (Wildman–Crippen MR) is 51.2 cm³/mol. The first-order valence-corrected chi connectivity index (χ1v) is 5.42. The maximum absolute atomic E-state index is 11.0. The summed E-state index contributed by atoms with van der Waals surface area (Å²) >= 11 is 0. The Balaban J connectivity index is 1.82. The maximum atomic E-state index is 11.0. The van der Waals surface area contributed by atoms with E-state index in [2.05, 4.69) is 5.32 Å². The van der Waals surface area contributed by atoms with Crippen molar-refractivity contribution in [3.8, 4) is 0 Å². The fourth-order valence-electron chi connectivity index (χ4n) is 3.52. The molecule has 2 atom stereocenters. The van der Waals surface area contributed by atoms with Gasteiger partial charge in [-0.25, -0.2) is 4.79 Å². The van der Waals surface area contributed by atoms with Gasteiger partial charge in [0.25, 0.3) is 0 Å². The predicted octanol–water partition coefficient (Wildman–Crippen LogP) is 0.881. The van der Waals surface area contributed by atoms with Crippen molar-refractivity contribution in [2.75, 3.05) is 13.1 Å². The van der Waals surface area contributed by atoms with Gasteiger partial charge in [-0.3, -0.25) is 0 Å². The van der Waals surface area contributed by atoms with Crippen LogP contribution in [0.3, 0.4) is 0 Å². The molecule has 4 nitrogen and oxygen atoms in total. The van der Waals surface area contributed by atoms with Crippen molar-refractivity contribution < 1.29 is 9.90 Å². The lowest BCUT2D eigenvalue weighted by Crippen LogP contribution is -2.61. The van der Waals surface area contributed by atoms with Crippen LogP contribution < -0.4 is 5.32 Å². The molecule has 3 rings (SSSR count). The topological polar surface area (TPSA) is 52.6 Å². The maximum Gasteiger partial charge on any atom is 0.407 e. The van der Waals surface area contributed by atoms with E-state index in [0.29, 0.717) is 17.5 Å². The summed E-state index contributed by atoms with van der Waals surface area (Å²) in [4.78, 5) is 12.8. The van der Waals surface area contributed by atoms with Crippen LogP contribution in [0.1, 0.15) is 25.7 Å². The Morgan fingerprint density at radius 1 is 1.29 bits per heavy atom. The highest BCUT2D eigenvalue weighted by atomic mass is 16.4. The van der Waals surface area contributed by atoms with E-state index in [1.54, 1.807) is 4.90 Å². The van der Waals surface area contributed by atoms with E-state index in [1.165, 1.54) is 0 Å². The number of hydrogen-bond acceptors (Lipinski definition) is 2. The van der Waals surface area contributed by atoms with Crippen LogP contribution >= 0.6 is 0 Å². The van der Waals surface area contributed by atoms with Gasteiger partial charge in [0.1, 0.15) is 0 Å². The van der Waals surface area contributed by atoms with Crippen molar-refractivity contribution in [1.82, 2.24) is 10.2 Å². The summed E-state index contributed by atoms with van der Waals surface area (Å²) in [7, 11) is 0. The number of rotatable bonds is 0.